The van der Waals surface area contributed by atoms with Crippen LogP contribution in [0.4, 0.5) is 35.5 Å². The van der Waals surface area contributed by atoms with Gasteiger partial charge in [0.2, 0.25) is 0 Å². The van der Waals surface area contributed by atoms with Gasteiger partial charge in [-0.1, -0.05) is 6.07 Å². The first-order chi connectivity index (χ1) is 15.7. The van der Waals surface area contributed by atoms with Crippen molar-refractivity contribution in [3.8, 4) is 0 Å². The van der Waals surface area contributed by atoms with Gasteiger partial charge < -0.3 is 14.9 Å². The van der Waals surface area contributed by atoms with Crippen LogP contribution in [0.5, 0.6) is 0 Å². The van der Waals surface area contributed by atoms with E-state index < -0.39 is 54.1 Å². The number of benzene rings is 1. The minimum absolute atomic E-state index is 0.0799. The first-order valence-electron chi connectivity index (χ1n) is 10.4. The van der Waals surface area contributed by atoms with Crippen molar-refractivity contribution in [2.45, 2.75) is 49.6 Å². The highest BCUT2D eigenvalue weighted by Crippen LogP contribution is 2.52. The van der Waals surface area contributed by atoms with Crippen LogP contribution in [0.15, 0.2) is 24.3 Å². The van der Waals surface area contributed by atoms with Gasteiger partial charge in [0.15, 0.2) is 5.92 Å². The molecule has 13 heteroatoms. The van der Waals surface area contributed by atoms with Crippen molar-refractivity contribution in [3.05, 3.63) is 35.0 Å². The van der Waals surface area contributed by atoms with E-state index in [1.54, 1.807) is 0 Å². The van der Waals surface area contributed by atoms with Crippen LogP contribution in [0.25, 0.3) is 10.1 Å². The summed E-state index contributed by atoms with van der Waals surface area (Å²) in [6, 6.07) is 2.77. The maximum Gasteiger partial charge on any atom is 0.407 e. The van der Waals surface area contributed by atoms with Gasteiger partial charge >= 0.3 is 18.4 Å². The van der Waals surface area contributed by atoms with Crippen molar-refractivity contribution in [3.63, 3.8) is 0 Å². The average molecular weight is 512 g/mol. The number of piperidine rings is 1. The third kappa shape index (κ3) is 4.29. The lowest BCUT2D eigenvalue weighted by atomic mass is 9.85. The molecule has 0 bridgehead atoms. The number of nitrogens with zero attached hydrogens (tertiary/aromatic N) is 2. The van der Waals surface area contributed by atoms with Crippen LogP contribution in [-0.2, 0) is 0 Å². The topological polar surface area (TPSA) is 60.9 Å². The molecular weight excluding hydrogens is 493 g/mol. The molecule has 2 aliphatic heterocycles. The molecule has 0 aliphatic carbocycles. The van der Waals surface area contributed by atoms with Crippen LogP contribution in [-0.4, -0.2) is 63.9 Å². The van der Waals surface area contributed by atoms with Crippen LogP contribution < -0.4 is 0 Å². The van der Waals surface area contributed by atoms with E-state index in [0.717, 1.165) is 28.4 Å². The lowest BCUT2D eigenvalue weighted by Gasteiger charge is -2.47. The summed E-state index contributed by atoms with van der Waals surface area (Å²) in [5.41, 5.74) is -1.34. The number of hydrogen-bond acceptors (Lipinski definition) is 3. The predicted molar refractivity (Wildman–Crippen MR) is 108 cm³/mol. The zero-order chi connectivity index (χ0) is 25.1. The van der Waals surface area contributed by atoms with Crippen molar-refractivity contribution >= 4 is 33.4 Å². The Hall–Kier alpha value is -2.57. The number of halogens is 7. The largest absolute Gasteiger partial charge is 0.465 e. The van der Waals surface area contributed by atoms with E-state index in [2.05, 4.69) is 0 Å². The fourth-order valence-electron chi connectivity index (χ4n) is 5.16. The second kappa shape index (κ2) is 8.28. The normalized spacial score (nSPS) is 21.1. The quantitative estimate of drug-likeness (QED) is 0.510. The van der Waals surface area contributed by atoms with Crippen LogP contribution in [0, 0.1) is 11.7 Å². The maximum absolute atomic E-state index is 13.7. The second-order valence-corrected chi connectivity index (χ2v) is 9.71. The zero-order valence-electron chi connectivity index (χ0n) is 17.4. The lowest BCUT2D eigenvalue weighted by Crippen LogP contribution is -2.60. The molecule has 0 radical (unpaired) electrons. The SMILES string of the molecule is O=C(O)N1CCC2(CCC(C(C(F)(F)F)C(F)(F)F)N2C(=O)c2cc3ccc(F)cc3s2)CC1. The van der Waals surface area contributed by atoms with Gasteiger partial charge in [0.1, 0.15) is 5.82 Å². The van der Waals surface area contributed by atoms with Crippen molar-refractivity contribution in [2.75, 3.05) is 13.1 Å². The minimum atomic E-state index is -5.64. The standard InChI is InChI=1S/C21H19F7N2O3S/c22-12-2-1-11-9-15(34-14(11)10-12)17(31)30-13(16(20(23,24)25)21(26,27)28)3-4-19(30)5-7-29(8-6-19)18(32)33/h1-2,9-10,13,16H,3-8H2,(H,32,33). The Balaban J connectivity index is 1.78. The van der Waals surface area contributed by atoms with E-state index in [4.69, 9.17) is 0 Å². The van der Waals surface area contributed by atoms with Crippen molar-refractivity contribution < 1.29 is 45.4 Å². The third-order valence-corrected chi connectivity index (χ3v) is 7.80. The van der Waals surface area contributed by atoms with Crippen molar-refractivity contribution in [1.29, 1.82) is 0 Å². The molecule has 1 N–H and O–H groups in total. The molecule has 1 spiro atoms. The van der Waals surface area contributed by atoms with Crippen molar-refractivity contribution in [2.24, 2.45) is 5.92 Å². The van der Waals surface area contributed by atoms with Gasteiger partial charge in [0.25, 0.3) is 5.91 Å². The Bertz CT molecular complexity index is 1090. The molecule has 1 atom stereocenters. The van der Waals surface area contributed by atoms with Crippen molar-refractivity contribution in [1.82, 2.24) is 9.80 Å². The summed E-state index contributed by atoms with van der Waals surface area (Å²) < 4.78 is 95.9. The Morgan fingerprint density at radius 2 is 1.65 bits per heavy atom. The summed E-state index contributed by atoms with van der Waals surface area (Å²) in [6.45, 7) is -0.238. The lowest BCUT2D eigenvalue weighted by molar-refractivity contribution is -0.297. The molecule has 186 valence electrons. The number of carbonyl (C=O) groups is 2. The van der Waals surface area contributed by atoms with Gasteiger partial charge in [-0.25, -0.2) is 9.18 Å². The average Bonchev–Trinajstić information content (AvgIpc) is 3.27. The Morgan fingerprint density at radius 1 is 1.03 bits per heavy atom. The third-order valence-electron chi connectivity index (χ3n) is 6.71. The van der Waals surface area contributed by atoms with E-state index in [0.29, 0.717) is 15.0 Å². The molecular formula is C21H19F7N2O3S. The van der Waals surface area contributed by atoms with Crippen LogP contribution >= 0.6 is 11.3 Å². The van der Waals surface area contributed by atoms with Gasteiger partial charge in [-0.15, -0.1) is 11.3 Å². The van der Waals surface area contributed by atoms with Gasteiger partial charge in [-0.2, -0.15) is 26.3 Å². The second-order valence-electron chi connectivity index (χ2n) is 8.63. The molecule has 34 heavy (non-hydrogen) atoms. The Morgan fingerprint density at radius 3 is 2.21 bits per heavy atom. The number of hydrogen-bond donors (Lipinski definition) is 1. The molecule has 0 saturated carbocycles. The first kappa shape index (κ1) is 24.6. The highest BCUT2D eigenvalue weighted by molar-refractivity contribution is 7.20. The van der Waals surface area contributed by atoms with Gasteiger partial charge in [-0.05, 0) is 49.3 Å². The molecule has 2 fully saturated rings. The highest BCUT2D eigenvalue weighted by atomic mass is 32.1. The zero-order valence-corrected chi connectivity index (χ0v) is 18.2. The summed E-state index contributed by atoms with van der Waals surface area (Å²) in [4.78, 5) is 26.4. The van der Waals surface area contributed by atoms with E-state index in [9.17, 15) is 45.4 Å². The molecule has 3 heterocycles. The van der Waals surface area contributed by atoms with Crippen LogP contribution in [0.2, 0.25) is 0 Å². The van der Waals surface area contributed by atoms with Crippen LogP contribution in [0.3, 0.4) is 0 Å². The summed E-state index contributed by atoms with van der Waals surface area (Å²) >= 11 is 0.790. The number of carbonyl (C=O) groups excluding carboxylic acids is 1. The molecule has 2 amide bonds. The van der Waals surface area contributed by atoms with Gasteiger partial charge in [-0.3, -0.25) is 4.79 Å². The van der Waals surface area contributed by atoms with Gasteiger partial charge in [0.05, 0.1) is 10.9 Å². The number of amides is 2. The number of likely N-dealkylation sites (tertiary alicyclic amines) is 2. The summed E-state index contributed by atoms with van der Waals surface area (Å²) in [6.07, 6.45) is -13.3. The minimum Gasteiger partial charge on any atom is -0.465 e. The van der Waals surface area contributed by atoms with Crippen LogP contribution in [0.1, 0.15) is 35.4 Å². The fourth-order valence-corrected chi connectivity index (χ4v) is 6.18. The number of alkyl halides is 6. The fraction of sp³-hybridized carbons (Fsp3) is 0.524. The number of carboxylic acid groups (broad SMARTS) is 1. The van der Waals surface area contributed by atoms with Gasteiger partial charge in [0, 0.05) is 23.3 Å². The maximum atomic E-state index is 13.7. The summed E-state index contributed by atoms with van der Waals surface area (Å²) in [7, 11) is 0. The smallest absolute Gasteiger partial charge is 0.407 e. The Labute approximate surface area is 192 Å². The molecule has 2 aromatic rings. The van der Waals surface area contributed by atoms with E-state index in [1.165, 1.54) is 12.1 Å². The molecule has 5 nitrogen and oxygen atoms in total. The number of thiophene rings is 1. The van der Waals surface area contributed by atoms with E-state index in [-0.39, 0.29) is 37.2 Å². The predicted octanol–water partition coefficient (Wildman–Crippen LogP) is 5.90. The monoisotopic (exact) mass is 512 g/mol. The first-order valence-corrected chi connectivity index (χ1v) is 11.2. The molecule has 1 aromatic heterocycles. The van der Waals surface area contributed by atoms with E-state index in [1.807, 2.05) is 0 Å². The molecule has 4 rings (SSSR count). The molecule has 1 unspecified atom stereocenters. The van der Waals surface area contributed by atoms with E-state index >= 15 is 0 Å². The highest BCUT2D eigenvalue weighted by Gasteiger charge is 2.66. The molecule has 2 aliphatic rings. The summed E-state index contributed by atoms with van der Waals surface area (Å²) in [5.74, 6) is -5.34. The number of rotatable bonds is 2. The molecule has 2 saturated heterocycles. The molecule has 1 aromatic carbocycles. The summed E-state index contributed by atoms with van der Waals surface area (Å²) in [5, 5.41) is 9.63. The number of fused-ring (bicyclic) bond motifs is 1. The Kier molecular flexibility index (Phi) is 5.98.